The molecule has 2 aromatic rings. The van der Waals surface area contributed by atoms with Crippen molar-refractivity contribution in [2.24, 2.45) is 0 Å². The van der Waals surface area contributed by atoms with Crippen LogP contribution in [-0.4, -0.2) is 52.2 Å². The van der Waals surface area contributed by atoms with Crippen molar-refractivity contribution in [3.05, 3.63) is 47.8 Å². The molecule has 3 rings (SSSR count). The molecule has 1 aromatic carbocycles. The Morgan fingerprint density at radius 2 is 2.04 bits per heavy atom. The fourth-order valence-electron chi connectivity index (χ4n) is 2.52. The van der Waals surface area contributed by atoms with E-state index in [-0.39, 0.29) is 31.4 Å². The van der Waals surface area contributed by atoms with Gasteiger partial charge in [-0.2, -0.15) is 5.10 Å². The second kappa shape index (κ2) is 6.53. The van der Waals surface area contributed by atoms with Crippen molar-refractivity contribution in [2.45, 2.75) is 6.92 Å². The van der Waals surface area contributed by atoms with E-state index in [0.29, 0.717) is 11.3 Å². The Morgan fingerprint density at radius 1 is 1.29 bits per heavy atom. The SMILES string of the molecule is Cc1c(C(=O)NCCN2C(=O)CNC2=O)cnn1-c1ccccc1. The maximum Gasteiger partial charge on any atom is 0.324 e. The van der Waals surface area contributed by atoms with E-state index in [2.05, 4.69) is 15.7 Å². The van der Waals surface area contributed by atoms with Gasteiger partial charge in [-0.05, 0) is 19.1 Å². The largest absolute Gasteiger partial charge is 0.350 e. The molecule has 0 spiro atoms. The third-order valence-corrected chi connectivity index (χ3v) is 3.81. The number of urea groups is 1. The number of nitrogens with zero attached hydrogens (tertiary/aromatic N) is 3. The van der Waals surface area contributed by atoms with Crippen molar-refractivity contribution in [2.75, 3.05) is 19.6 Å². The monoisotopic (exact) mass is 327 g/mol. The van der Waals surface area contributed by atoms with Crippen molar-refractivity contribution in [1.82, 2.24) is 25.3 Å². The molecule has 1 fully saturated rings. The zero-order valence-electron chi connectivity index (χ0n) is 13.2. The molecule has 124 valence electrons. The first kappa shape index (κ1) is 15.7. The van der Waals surface area contributed by atoms with Gasteiger partial charge in [0, 0.05) is 13.1 Å². The summed E-state index contributed by atoms with van der Waals surface area (Å²) in [6.07, 6.45) is 1.51. The number of aromatic nitrogens is 2. The fraction of sp³-hybridized carbons (Fsp3) is 0.250. The summed E-state index contributed by atoms with van der Waals surface area (Å²) < 4.78 is 1.69. The molecule has 0 atom stereocenters. The molecule has 0 aliphatic carbocycles. The van der Waals surface area contributed by atoms with E-state index in [1.54, 1.807) is 4.68 Å². The summed E-state index contributed by atoms with van der Waals surface area (Å²) in [7, 11) is 0. The molecule has 0 bridgehead atoms. The number of hydrogen-bond acceptors (Lipinski definition) is 4. The minimum Gasteiger partial charge on any atom is -0.350 e. The Morgan fingerprint density at radius 3 is 2.71 bits per heavy atom. The van der Waals surface area contributed by atoms with Crippen LogP contribution in [0.5, 0.6) is 0 Å². The van der Waals surface area contributed by atoms with Crippen molar-refractivity contribution >= 4 is 17.8 Å². The maximum absolute atomic E-state index is 12.3. The highest BCUT2D eigenvalue weighted by atomic mass is 16.2. The number of amides is 4. The standard InChI is InChI=1S/C16H17N5O3/c1-11-13(9-19-21(11)12-5-3-2-4-6-12)15(23)17-7-8-20-14(22)10-18-16(20)24/h2-6,9H,7-8,10H2,1H3,(H,17,23)(H,18,24). The molecule has 2 N–H and O–H groups in total. The van der Waals surface area contributed by atoms with Crippen LogP contribution in [0, 0.1) is 6.92 Å². The van der Waals surface area contributed by atoms with Crippen LogP contribution in [0.2, 0.25) is 0 Å². The van der Waals surface area contributed by atoms with Gasteiger partial charge in [-0.15, -0.1) is 0 Å². The van der Waals surface area contributed by atoms with E-state index in [4.69, 9.17) is 0 Å². The third-order valence-electron chi connectivity index (χ3n) is 3.81. The van der Waals surface area contributed by atoms with E-state index >= 15 is 0 Å². The van der Waals surface area contributed by atoms with Gasteiger partial charge in [0.25, 0.3) is 5.91 Å². The first-order valence-corrected chi connectivity index (χ1v) is 7.54. The van der Waals surface area contributed by atoms with Gasteiger partial charge in [-0.25, -0.2) is 9.48 Å². The lowest BCUT2D eigenvalue weighted by Gasteiger charge is -2.12. The molecule has 8 nitrogen and oxygen atoms in total. The number of rotatable bonds is 5. The van der Waals surface area contributed by atoms with Gasteiger partial charge in [-0.3, -0.25) is 14.5 Å². The average Bonchev–Trinajstić information content (AvgIpc) is 3.12. The second-order valence-corrected chi connectivity index (χ2v) is 5.35. The van der Waals surface area contributed by atoms with Crippen LogP contribution in [-0.2, 0) is 4.79 Å². The van der Waals surface area contributed by atoms with Gasteiger partial charge in [0.1, 0.15) is 0 Å². The normalized spacial score (nSPS) is 14.0. The van der Waals surface area contributed by atoms with Gasteiger partial charge in [0.15, 0.2) is 0 Å². The van der Waals surface area contributed by atoms with Crippen LogP contribution in [0.3, 0.4) is 0 Å². The van der Waals surface area contributed by atoms with Crippen LogP contribution in [0.1, 0.15) is 16.1 Å². The van der Waals surface area contributed by atoms with E-state index in [1.807, 2.05) is 37.3 Å². The topological polar surface area (TPSA) is 96.3 Å². The van der Waals surface area contributed by atoms with Gasteiger partial charge in [-0.1, -0.05) is 18.2 Å². The molecule has 1 aromatic heterocycles. The Kier molecular flexibility index (Phi) is 4.28. The molecule has 8 heteroatoms. The summed E-state index contributed by atoms with van der Waals surface area (Å²) in [5, 5.41) is 9.38. The minimum absolute atomic E-state index is 0.00966. The van der Waals surface area contributed by atoms with Crippen LogP contribution in [0.4, 0.5) is 4.79 Å². The highest BCUT2D eigenvalue weighted by Crippen LogP contribution is 2.13. The number of hydrogen-bond donors (Lipinski definition) is 2. The maximum atomic E-state index is 12.3. The van der Waals surface area contributed by atoms with Crippen molar-refractivity contribution in [3.63, 3.8) is 0 Å². The Labute approximate surface area is 138 Å². The molecule has 0 unspecified atom stereocenters. The second-order valence-electron chi connectivity index (χ2n) is 5.35. The van der Waals surface area contributed by atoms with Crippen LogP contribution >= 0.6 is 0 Å². The molecule has 0 radical (unpaired) electrons. The van der Waals surface area contributed by atoms with Gasteiger partial charge >= 0.3 is 6.03 Å². The first-order chi connectivity index (χ1) is 11.6. The van der Waals surface area contributed by atoms with Crippen molar-refractivity contribution in [1.29, 1.82) is 0 Å². The smallest absolute Gasteiger partial charge is 0.324 e. The van der Waals surface area contributed by atoms with Gasteiger partial charge in [0.05, 0.1) is 29.7 Å². The minimum atomic E-state index is -0.428. The van der Waals surface area contributed by atoms with Crippen molar-refractivity contribution in [3.8, 4) is 5.69 Å². The van der Waals surface area contributed by atoms with E-state index in [9.17, 15) is 14.4 Å². The lowest BCUT2D eigenvalue weighted by molar-refractivity contribution is -0.124. The summed E-state index contributed by atoms with van der Waals surface area (Å²) in [5.74, 6) is -0.580. The summed E-state index contributed by atoms with van der Waals surface area (Å²) in [6.45, 7) is 2.15. The predicted octanol–water partition coefficient (Wildman–Crippen LogP) is 0.462. The fourth-order valence-corrected chi connectivity index (χ4v) is 2.52. The van der Waals surface area contributed by atoms with Crippen LogP contribution in [0.25, 0.3) is 5.69 Å². The number of para-hydroxylation sites is 1. The third kappa shape index (κ3) is 2.98. The quantitative estimate of drug-likeness (QED) is 0.780. The van der Waals surface area contributed by atoms with Crippen LogP contribution < -0.4 is 10.6 Å². The molecular weight excluding hydrogens is 310 g/mol. The van der Waals surface area contributed by atoms with Crippen LogP contribution in [0.15, 0.2) is 36.5 Å². The number of imide groups is 1. The summed E-state index contributed by atoms with van der Waals surface area (Å²) in [4.78, 5) is 36.2. The van der Waals surface area contributed by atoms with E-state index in [0.717, 1.165) is 10.6 Å². The highest BCUT2D eigenvalue weighted by Gasteiger charge is 2.27. The van der Waals surface area contributed by atoms with E-state index < -0.39 is 6.03 Å². The molecule has 0 saturated carbocycles. The number of nitrogens with one attached hydrogen (secondary N) is 2. The zero-order chi connectivity index (χ0) is 17.1. The zero-order valence-corrected chi connectivity index (χ0v) is 13.2. The Balaban J connectivity index is 1.63. The number of benzene rings is 1. The first-order valence-electron chi connectivity index (χ1n) is 7.54. The summed E-state index contributed by atoms with van der Waals surface area (Å²) >= 11 is 0. The van der Waals surface area contributed by atoms with Gasteiger partial charge in [0.2, 0.25) is 5.91 Å². The van der Waals surface area contributed by atoms with Gasteiger partial charge < -0.3 is 10.6 Å². The number of carbonyl (C=O) groups excluding carboxylic acids is 3. The predicted molar refractivity (Wildman–Crippen MR) is 85.7 cm³/mol. The molecule has 2 heterocycles. The Bertz CT molecular complexity index is 768. The highest BCUT2D eigenvalue weighted by molar-refractivity contribution is 6.02. The van der Waals surface area contributed by atoms with Crippen molar-refractivity contribution < 1.29 is 14.4 Å². The molecule has 1 aliphatic heterocycles. The lowest BCUT2D eigenvalue weighted by Crippen LogP contribution is -2.38. The summed E-state index contributed by atoms with van der Waals surface area (Å²) in [5.41, 5.74) is 2.04. The molecular formula is C16H17N5O3. The molecule has 1 aliphatic rings. The number of carbonyl (C=O) groups is 3. The Hall–Kier alpha value is -3.16. The average molecular weight is 327 g/mol. The molecule has 4 amide bonds. The molecule has 24 heavy (non-hydrogen) atoms. The lowest BCUT2D eigenvalue weighted by atomic mass is 10.2. The van der Waals surface area contributed by atoms with E-state index in [1.165, 1.54) is 6.20 Å². The summed E-state index contributed by atoms with van der Waals surface area (Å²) in [6, 6.07) is 9.08. The molecule has 1 saturated heterocycles.